The molecule has 1 heterocycles. The van der Waals surface area contributed by atoms with Crippen molar-refractivity contribution in [3.05, 3.63) is 12.2 Å². The minimum Gasteiger partial charge on any atom is -0.429 e. The molecule has 0 fully saturated rings. The molecule has 0 aromatic carbocycles. The topological polar surface area (TPSA) is 46.6 Å². The van der Waals surface area contributed by atoms with Crippen molar-refractivity contribution in [2.75, 3.05) is 0 Å². The van der Waals surface area contributed by atoms with Crippen molar-refractivity contribution in [2.24, 2.45) is 16.7 Å². The summed E-state index contributed by atoms with van der Waals surface area (Å²) < 4.78 is 5.60. The van der Waals surface area contributed by atoms with Gasteiger partial charge in [0.1, 0.15) is 0 Å². The Morgan fingerprint density at radius 2 is 1.55 bits per heavy atom. The molecule has 22 heavy (non-hydrogen) atoms. The molecule has 3 atom stereocenters. The zero-order valence-electron chi connectivity index (χ0n) is 14.9. The van der Waals surface area contributed by atoms with E-state index in [9.17, 15) is 9.59 Å². The summed E-state index contributed by atoms with van der Waals surface area (Å²) in [6, 6.07) is -0.194. The highest BCUT2D eigenvalue weighted by Crippen LogP contribution is 2.48. The predicted molar refractivity (Wildman–Crippen MR) is 91.3 cm³/mol. The van der Waals surface area contributed by atoms with Crippen LogP contribution in [0.3, 0.4) is 0 Å². The molecule has 0 aromatic rings. The van der Waals surface area contributed by atoms with E-state index in [1.54, 1.807) is 4.90 Å². The van der Waals surface area contributed by atoms with E-state index in [1.165, 1.54) is 13.8 Å². The van der Waals surface area contributed by atoms with Gasteiger partial charge in [-0.3, -0.25) is 14.5 Å². The van der Waals surface area contributed by atoms with Gasteiger partial charge in [0.15, 0.2) is 0 Å². The average molecular weight is 327 g/mol. The van der Waals surface area contributed by atoms with E-state index < -0.39 is 11.0 Å². The maximum absolute atomic E-state index is 12.4. The van der Waals surface area contributed by atoms with Crippen LogP contribution in [0.5, 0.6) is 0 Å². The second-order valence-corrected chi connectivity index (χ2v) is 8.82. The molecule has 1 aliphatic rings. The third-order valence-electron chi connectivity index (χ3n) is 3.97. The van der Waals surface area contributed by atoms with E-state index >= 15 is 0 Å². The lowest BCUT2D eigenvalue weighted by Gasteiger charge is -2.54. The van der Waals surface area contributed by atoms with E-state index in [1.807, 2.05) is 32.9 Å². The Kier molecular flexibility index (Phi) is 5.13. The number of rotatable bonds is 1. The number of nitrogens with zero attached hydrogens (tertiary/aromatic N) is 1. The van der Waals surface area contributed by atoms with Crippen LogP contribution in [0.25, 0.3) is 0 Å². The first-order valence-electron chi connectivity index (χ1n) is 7.61. The number of esters is 1. The van der Waals surface area contributed by atoms with E-state index in [-0.39, 0.29) is 28.7 Å². The molecule has 126 valence electrons. The first-order chi connectivity index (χ1) is 9.71. The number of amides is 1. The molecule has 0 bridgehead atoms. The summed E-state index contributed by atoms with van der Waals surface area (Å²) in [7, 11) is 0. The summed E-state index contributed by atoms with van der Waals surface area (Å²) in [5, 5.41) is -1.29. The van der Waals surface area contributed by atoms with Gasteiger partial charge in [0.25, 0.3) is 0 Å². The largest absolute Gasteiger partial charge is 0.429 e. The van der Waals surface area contributed by atoms with E-state index in [2.05, 4.69) is 20.8 Å². The summed E-state index contributed by atoms with van der Waals surface area (Å²) in [5.41, 5.74) is -0.413. The van der Waals surface area contributed by atoms with Gasteiger partial charge in [-0.25, -0.2) is 0 Å². The standard InChI is InChI=1S/C17H29NO3S/c1-11(19)18-14(16(6,7)8)10-9-13(15(3,4)5)17(18,22)21-12(2)20/h9-10,13-14,22H,1-8H3. The molecule has 0 N–H and O–H groups in total. The molecule has 0 saturated heterocycles. The smallest absolute Gasteiger partial charge is 0.305 e. The van der Waals surface area contributed by atoms with Crippen molar-refractivity contribution in [3.8, 4) is 0 Å². The van der Waals surface area contributed by atoms with Crippen LogP contribution in [-0.2, 0) is 14.3 Å². The van der Waals surface area contributed by atoms with Gasteiger partial charge >= 0.3 is 5.97 Å². The Bertz CT molecular complexity index is 487. The lowest BCUT2D eigenvalue weighted by Crippen LogP contribution is -2.64. The van der Waals surface area contributed by atoms with Crippen LogP contribution in [0.4, 0.5) is 0 Å². The zero-order chi connectivity index (χ0) is 17.5. The number of ether oxygens (including phenoxy) is 1. The van der Waals surface area contributed by atoms with Gasteiger partial charge in [-0.2, -0.15) is 0 Å². The van der Waals surface area contributed by atoms with Crippen molar-refractivity contribution in [1.29, 1.82) is 0 Å². The Morgan fingerprint density at radius 1 is 1.05 bits per heavy atom. The molecule has 1 rings (SSSR count). The zero-order valence-corrected chi connectivity index (χ0v) is 15.8. The fourth-order valence-electron chi connectivity index (χ4n) is 3.05. The SMILES string of the molecule is CC(=O)OC1(S)C(C(C)(C)C)C=CC(C(C)(C)C)N1C(C)=O. The monoisotopic (exact) mass is 327 g/mol. The average Bonchev–Trinajstić information content (AvgIpc) is 2.22. The van der Waals surface area contributed by atoms with Gasteiger partial charge in [-0.1, -0.05) is 53.7 Å². The predicted octanol–water partition coefficient (Wildman–Crippen LogP) is 3.63. The summed E-state index contributed by atoms with van der Waals surface area (Å²) in [6.07, 6.45) is 4.07. The van der Waals surface area contributed by atoms with Gasteiger partial charge in [0.2, 0.25) is 11.0 Å². The maximum Gasteiger partial charge on any atom is 0.305 e. The third kappa shape index (κ3) is 3.67. The van der Waals surface area contributed by atoms with Gasteiger partial charge < -0.3 is 4.74 Å². The fourth-order valence-corrected chi connectivity index (χ4v) is 3.92. The van der Waals surface area contributed by atoms with Crippen molar-refractivity contribution < 1.29 is 14.3 Å². The van der Waals surface area contributed by atoms with Gasteiger partial charge in [-0.05, 0) is 10.8 Å². The lowest BCUT2D eigenvalue weighted by molar-refractivity contribution is -0.187. The van der Waals surface area contributed by atoms with E-state index in [0.29, 0.717) is 0 Å². The van der Waals surface area contributed by atoms with Crippen LogP contribution in [0.1, 0.15) is 55.4 Å². The number of thiol groups is 1. The Labute approximate surface area is 139 Å². The molecule has 0 aromatic heterocycles. The van der Waals surface area contributed by atoms with Crippen LogP contribution in [-0.4, -0.2) is 27.9 Å². The van der Waals surface area contributed by atoms with Crippen LogP contribution < -0.4 is 0 Å². The maximum atomic E-state index is 12.4. The molecule has 3 unspecified atom stereocenters. The number of carbonyl (C=O) groups excluding carboxylic acids is 2. The van der Waals surface area contributed by atoms with Crippen LogP contribution >= 0.6 is 12.6 Å². The number of hydrogen-bond acceptors (Lipinski definition) is 4. The van der Waals surface area contributed by atoms with Crippen LogP contribution in [0.2, 0.25) is 0 Å². The summed E-state index contributed by atoms with van der Waals surface area (Å²) in [5.74, 6) is -0.817. The first-order valence-corrected chi connectivity index (χ1v) is 8.06. The molecule has 5 heteroatoms. The van der Waals surface area contributed by atoms with Crippen molar-refractivity contribution in [1.82, 2.24) is 4.90 Å². The first kappa shape index (κ1) is 19.1. The van der Waals surface area contributed by atoms with Crippen LogP contribution in [0.15, 0.2) is 12.2 Å². The van der Waals surface area contributed by atoms with Crippen LogP contribution in [0, 0.1) is 16.7 Å². The van der Waals surface area contributed by atoms with E-state index in [4.69, 9.17) is 17.4 Å². The quantitative estimate of drug-likeness (QED) is 0.346. The number of hydrogen-bond donors (Lipinski definition) is 1. The molecule has 4 nitrogen and oxygen atoms in total. The third-order valence-corrected chi connectivity index (χ3v) is 4.55. The normalized spacial score (nSPS) is 29.4. The van der Waals surface area contributed by atoms with Crippen molar-refractivity contribution in [2.45, 2.75) is 66.5 Å². The highest BCUT2D eigenvalue weighted by Gasteiger charge is 2.55. The molecule has 0 aliphatic carbocycles. The number of carbonyl (C=O) groups is 2. The highest BCUT2D eigenvalue weighted by atomic mass is 32.1. The summed E-state index contributed by atoms with van der Waals surface area (Å²) >= 11 is 4.71. The highest BCUT2D eigenvalue weighted by molar-refractivity contribution is 7.81. The molecule has 0 radical (unpaired) electrons. The second-order valence-electron chi connectivity index (χ2n) is 8.18. The molecule has 0 spiro atoms. The van der Waals surface area contributed by atoms with Gasteiger partial charge in [0, 0.05) is 13.8 Å². The Morgan fingerprint density at radius 3 is 1.86 bits per heavy atom. The minimum atomic E-state index is -1.29. The van der Waals surface area contributed by atoms with Crippen molar-refractivity contribution >= 4 is 24.5 Å². The Hall–Kier alpha value is -0.970. The minimum absolute atomic E-state index is 0.158. The molecule has 1 amide bonds. The molecular formula is C17H29NO3S. The van der Waals surface area contributed by atoms with Gasteiger partial charge in [-0.15, -0.1) is 12.6 Å². The van der Waals surface area contributed by atoms with Crippen molar-refractivity contribution in [3.63, 3.8) is 0 Å². The summed E-state index contributed by atoms with van der Waals surface area (Å²) in [4.78, 5) is 25.7. The molecule has 0 saturated carbocycles. The summed E-state index contributed by atoms with van der Waals surface area (Å²) in [6.45, 7) is 15.1. The fraction of sp³-hybridized carbons (Fsp3) is 0.765. The second kappa shape index (κ2) is 5.91. The lowest BCUT2D eigenvalue weighted by atomic mass is 9.73. The van der Waals surface area contributed by atoms with Gasteiger partial charge in [0.05, 0.1) is 12.0 Å². The van der Waals surface area contributed by atoms with E-state index in [0.717, 1.165) is 0 Å². The Balaban J connectivity index is 3.53. The molecular weight excluding hydrogens is 298 g/mol. The molecule has 1 aliphatic heterocycles.